The molecule has 3 rings (SSSR count). The summed E-state index contributed by atoms with van der Waals surface area (Å²) in [6.07, 6.45) is 0. The molecule has 2 aromatic rings. The summed E-state index contributed by atoms with van der Waals surface area (Å²) in [5.74, 6) is -0.819. The number of hydrogen-bond donors (Lipinski definition) is 1. The highest BCUT2D eigenvalue weighted by atomic mass is 35.5. The minimum Gasteiger partial charge on any atom is -0.478 e. The van der Waals surface area contributed by atoms with Gasteiger partial charge in [-0.2, -0.15) is 0 Å². The number of ether oxygens (including phenoxy) is 1. The molecule has 0 atom stereocenters. The molecular weight excluding hydrogens is 473 g/mol. The average Bonchev–Trinajstić information content (AvgIpc) is 2.82. The molecule has 1 heterocycles. The van der Waals surface area contributed by atoms with Crippen molar-refractivity contribution >= 4 is 67.8 Å². The molecule has 1 aliphatic rings. The fraction of sp³-hybridized carbons (Fsp3) is 0.200. The molecule has 0 aliphatic carbocycles. The monoisotopic (exact) mass is 487 g/mol. The predicted molar refractivity (Wildman–Crippen MR) is 116 cm³/mol. The highest BCUT2D eigenvalue weighted by Crippen LogP contribution is 2.43. The van der Waals surface area contributed by atoms with Crippen LogP contribution >= 0.6 is 34.8 Å². The van der Waals surface area contributed by atoms with Crippen molar-refractivity contribution in [3.63, 3.8) is 0 Å². The molecule has 2 aromatic carbocycles. The van der Waals surface area contributed by atoms with Crippen molar-refractivity contribution in [1.82, 2.24) is 4.72 Å². The molecule has 6 nitrogen and oxygen atoms in total. The maximum atomic E-state index is 13.0. The van der Waals surface area contributed by atoms with Gasteiger partial charge in [-0.1, -0.05) is 34.8 Å². The van der Waals surface area contributed by atoms with Gasteiger partial charge >= 0.3 is 0 Å². The van der Waals surface area contributed by atoms with Crippen LogP contribution in [0.1, 0.15) is 31.9 Å². The Labute approximate surface area is 188 Å². The van der Waals surface area contributed by atoms with Gasteiger partial charge in [-0.25, -0.2) is 13.1 Å². The number of carbonyl (C=O) groups excluding carboxylic acids is 2. The van der Waals surface area contributed by atoms with Crippen LogP contribution in [0.25, 0.3) is 11.3 Å². The Morgan fingerprint density at radius 1 is 1.00 bits per heavy atom. The number of carbonyl (C=O) groups is 2. The lowest BCUT2D eigenvalue weighted by molar-refractivity contribution is -0.125. The Kier molecular flexibility index (Phi) is 5.95. The smallest absolute Gasteiger partial charge is 0.265 e. The third-order valence-electron chi connectivity index (χ3n) is 4.27. The Hall–Kier alpha value is -2.06. The van der Waals surface area contributed by atoms with Gasteiger partial charge in [0.15, 0.2) is 5.60 Å². The SMILES string of the molecule is CC(=O)NS(=O)(=O)c1ccc(C2=C(c3cc(Cl)cc(Cl)c3)C(=O)C(C)(C)O2)cc1Cl. The van der Waals surface area contributed by atoms with Gasteiger partial charge in [0.1, 0.15) is 10.7 Å². The standard InChI is InChI=1S/C20H16Cl3NO5S/c1-10(25)24-30(27,28)16-5-4-11(8-15(16)23)18-17(19(26)20(2,3)29-18)12-6-13(21)9-14(22)7-12/h4-9H,1-3H3,(H,24,25). The van der Waals surface area contributed by atoms with Crippen molar-refractivity contribution < 1.29 is 22.7 Å². The average molecular weight is 489 g/mol. The summed E-state index contributed by atoms with van der Waals surface area (Å²) in [7, 11) is -4.13. The molecule has 10 heteroatoms. The first-order chi connectivity index (χ1) is 13.8. The van der Waals surface area contributed by atoms with Crippen molar-refractivity contribution in [2.24, 2.45) is 0 Å². The van der Waals surface area contributed by atoms with E-state index < -0.39 is 21.5 Å². The number of halogens is 3. The third kappa shape index (κ3) is 4.34. The number of rotatable bonds is 4. The van der Waals surface area contributed by atoms with Gasteiger partial charge in [0.2, 0.25) is 11.7 Å². The first kappa shape index (κ1) is 22.6. The molecule has 0 saturated carbocycles. The molecular formula is C20H16Cl3NO5S. The van der Waals surface area contributed by atoms with Crippen LogP contribution in [0.3, 0.4) is 0 Å². The Bertz CT molecular complexity index is 1200. The molecule has 0 aromatic heterocycles. The van der Waals surface area contributed by atoms with Crippen molar-refractivity contribution in [3.8, 4) is 0 Å². The number of Topliss-reactive ketones (excluding diaryl/α,β-unsaturated/α-hetero) is 1. The first-order valence-electron chi connectivity index (χ1n) is 8.60. The van der Waals surface area contributed by atoms with Crippen molar-refractivity contribution in [1.29, 1.82) is 0 Å². The number of sulfonamides is 1. The van der Waals surface area contributed by atoms with E-state index in [4.69, 9.17) is 39.5 Å². The highest BCUT2D eigenvalue weighted by molar-refractivity contribution is 7.90. The van der Waals surface area contributed by atoms with Gasteiger partial charge < -0.3 is 4.74 Å². The summed E-state index contributed by atoms with van der Waals surface area (Å²) < 4.78 is 32.3. The summed E-state index contributed by atoms with van der Waals surface area (Å²) in [5, 5.41) is 0.547. The lowest BCUT2D eigenvalue weighted by Gasteiger charge is -2.18. The van der Waals surface area contributed by atoms with E-state index in [0.717, 1.165) is 6.92 Å². The minimum atomic E-state index is -4.13. The van der Waals surface area contributed by atoms with Gasteiger partial charge in [0.05, 0.1) is 10.6 Å². The van der Waals surface area contributed by atoms with E-state index >= 15 is 0 Å². The summed E-state index contributed by atoms with van der Waals surface area (Å²) >= 11 is 18.4. The predicted octanol–water partition coefficient (Wildman–Crippen LogP) is 4.72. The zero-order valence-corrected chi connectivity index (χ0v) is 19.1. The highest BCUT2D eigenvalue weighted by Gasteiger charge is 2.43. The van der Waals surface area contributed by atoms with Crippen molar-refractivity contribution in [2.45, 2.75) is 31.3 Å². The fourth-order valence-electron chi connectivity index (χ4n) is 3.02. The molecule has 30 heavy (non-hydrogen) atoms. The summed E-state index contributed by atoms with van der Waals surface area (Å²) in [6, 6.07) is 8.74. The molecule has 0 unspecified atom stereocenters. The zero-order valence-electron chi connectivity index (χ0n) is 16.0. The molecule has 0 saturated heterocycles. The lowest BCUT2D eigenvalue weighted by Crippen LogP contribution is -2.29. The van der Waals surface area contributed by atoms with Gasteiger partial charge in [-0.15, -0.1) is 0 Å². The van der Waals surface area contributed by atoms with Crippen LogP contribution in [0.4, 0.5) is 0 Å². The second-order valence-electron chi connectivity index (χ2n) is 7.11. The van der Waals surface area contributed by atoms with Crippen LogP contribution in [0.15, 0.2) is 41.3 Å². The number of amides is 1. The molecule has 0 bridgehead atoms. The summed E-state index contributed by atoms with van der Waals surface area (Å²) in [4.78, 5) is 23.9. The number of benzene rings is 2. The quantitative estimate of drug-likeness (QED) is 0.673. The number of hydrogen-bond acceptors (Lipinski definition) is 5. The second kappa shape index (κ2) is 7.89. The first-order valence-corrected chi connectivity index (χ1v) is 11.2. The van der Waals surface area contributed by atoms with E-state index in [1.165, 1.54) is 24.3 Å². The van der Waals surface area contributed by atoms with Gasteiger partial charge in [-0.05, 0) is 55.8 Å². The second-order valence-corrected chi connectivity index (χ2v) is 10.0. The maximum Gasteiger partial charge on any atom is 0.265 e. The van der Waals surface area contributed by atoms with E-state index in [2.05, 4.69) is 0 Å². The molecule has 1 aliphatic heterocycles. The van der Waals surface area contributed by atoms with Crippen LogP contribution in [-0.2, 0) is 24.3 Å². The van der Waals surface area contributed by atoms with Crippen LogP contribution < -0.4 is 4.72 Å². The molecule has 158 valence electrons. The van der Waals surface area contributed by atoms with E-state index in [1.807, 2.05) is 4.72 Å². The normalized spacial score (nSPS) is 15.9. The molecule has 1 N–H and O–H groups in total. The minimum absolute atomic E-state index is 0.141. The molecule has 0 spiro atoms. The van der Waals surface area contributed by atoms with E-state index in [9.17, 15) is 18.0 Å². The van der Waals surface area contributed by atoms with Crippen molar-refractivity contribution in [3.05, 3.63) is 62.6 Å². The third-order valence-corrected chi connectivity index (χ3v) is 6.62. The molecule has 0 fully saturated rings. The van der Waals surface area contributed by atoms with Gasteiger partial charge in [-0.3, -0.25) is 9.59 Å². The Morgan fingerprint density at radius 3 is 2.13 bits per heavy atom. The van der Waals surface area contributed by atoms with Crippen LogP contribution in [-0.4, -0.2) is 25.7 Å². The molecule has 0 radical (unpaired) electrons. The number of nitrogens with one attached hydrogen (secondary N) is 1. The fourth-order valence-corrected chi connectivity index (χ4v) is 5.09. The van der Waals surface area contributed by atoms with Gasteiger partial charge in [0.25, 0.3) is 10.0 Å². The summed E-state index contributed by atoms with van der Waals surface area (Å²) in [5.41, 5.74) is -0.0683. The van der Waals surface area contributed by atoms with Crippen LogP contribution in [0.2, 0.25) is 15.1 Å². The van der Waals surface area contributed by atoms with E-state index in [-0.39, 0.29) is 27.0 Å². The summed E-state index contributed by atoms with van der Waals surface area (Å²) in [6.45, 7) is 4.31. The Morgan fingerprint density at radius 2 is 1.60 bits per heavy atom. The zero-order chi connectivity index (χ0) is 22.4. The van der Waals surface area contributed by atoms with E-state index in [0.29, 0.717) is 21.2 Å². The molecule has 1 amide bonds. The van der Waals surface area contributed by atoms with E-state index in [1.54, 1.807) is 26.0 Å². The topological polar surface area (TPSA) is 89.5 Å². The van der Waals surface area contributed by atoms with Gasteiger partial charge in [0, 0.05) is 22.5 Å². The van der Waals surface area contributed by atoms with Crippen LogP contribution in [0, 0.1) is 0 Å². The van der Waals surface area contributed by atoms with Crippen LogP contribution in [0.5, 0.6) is 0 Å². The lowest BCUT2D eigenvalue weighted by atomic mass is 9.92. The number of ketones is 1. The maximum absolute atomic E-state index is 13.0. The van der Waals surface area contributed by atoms with Crippen molar-refractivity contribution in [2.75, 3.05) is 0 Å². The largest absolute Gasteiger partial charge is 0.478 e. The Balaban J connectivity index is 2.18.